The van der Waals surface area contributed by atoms with E-state index in [1.807, 2.05) is 18.2 Å². The lowest BCUT2D eigenvalue weighted by atomic mass is 10.2. The second-order valence-electron chi connectivity index (χ2n) is 2.63. The van der Waals surface area contributed by atoms with Gasteiger partial charge in [0.25, 0.3) is 0 Å². The minimum atomic E-state index is 0.827. The summed E-state index contributed by atoms with van der Waals surface area (Å²) in [5.41, 5.74) is 2.04. The van der Waals surface area contributed by atoms with E-state index >= 15 is 0 Å². The number of nitrogens with zero attached hydrogens (tertiary/aromatic N) is 1. The molecule has 2 heterocycles. The molecule has 0 bridgehead atoms. The summed E-state index contributed by atoms with van der Waals surface area (Å²) >= 11 is 0. The summed E-state index contributed by atoms with van der Waals surface area (Å²) in [6.07, 6.45) is 6.50. The zero-order valence-corrected chi connectivity index (χ0v) is 6.87. The summed E-state index contributed by atoms with van der Waals surface area (Å²) in [4.78, 5) is 4.09. The maximum Gasteiger partial charge on any atom is 0.153 e. The highest BCUT2D eigenvalue weighted by Crippen LogP contribution is 2.24. The van der Waals surface area contributed by atoms with Gasteiger partial charge < -0.3 is 4.42 Å². The third-order valence-corrected chi connectivity index (χ3v) is 1.83. The molecule has 0 saturated heterocycles. The van der Waals surface area contributed by atoms with Gasteiger partial charge in [-0.25, -0.2) is 4.99 Å². The maximum atomic E-state index is 5.24. The lowest BCUT2D eigenvalue weighted by molar-refractivity contribution is 0.557. The molecule has 0 amide bonds. The zero-order valence-electron chi connectivity index (χ0n) is 6.87. The fourth-order valence-electron chi connectivity index (χ4n) is 1.11. The van der Waals surface area contributed by atoms with Crippen LogP contribution in [0.15, 0.2) is 33.4 Å². The van der Waals surface area contributed by atoms with Crippen LogP contribution in [-0.4, -0.2) is 5.87 Å². The molecule has 0 spiro atoms. The fourth-order valence-corrected chi connectivity index (χ4v) is 1.11. The molecule has 2 rings (SSSR count). The van der Waals surface area contributed by atoms with Gasteiger partial charge in [-0.05, 0) is 23.9 Å². The van der Waals surface area contributed by atoms with Gasteiger partial charge in [0.05, 0.1) is 6.26 Å². The van der Waals surface area contributed by atoms with Gasteiger partial charge in [-0.2, -0.15) is 0 Å². The van der Waals surface area contributed by atoms with Gasteiger partial charge in [-0.1, -0.05) is 6.92 Å². The average molecular weight is 159 g/mol. The Labute approximate surface area is 70.9 Å². The number of aliphatic imine (C=N–C) groups is 1. The van der Waals surface area contributed by atoms with Crippen LogP contribution in [-0.2, 0) is 0 Å². The predicted molar refractivity (Wildman–Crippen MR) is 48.6 cm³/mol. The molecular weight excluding hydrogens is 150 g/mol. The summed E-state index contributed by atoms with van der Waals surface area (Å²) in [6, 6.07) is 1.84. The van der Waals surface area contributed by atoms with Crippen LogP contribution in [0, 0.1) is 0 Å². The monoisotopic (exact) mass is 159 g/mol. The van der Waals surface area contributed by atoms with Crippen molar-refractivity contribution in [3.05, 3.63) is 29.7 Å². The van der Waals surface area contributed by atoms with Gasteiger partial charge in [-0.3, -0.25) is 0 Å². The molecular formula is C10H9NO. The van der Waals surface area contributed by atoms with Crippen LogP contribution in [0.25, 0.3) is 6.08 Å². The highest BCUT2D eigenvalue weighted by Gasteiger charge is 2.04. The molecule has 1 aromatic heterocycles. The summed E-state index contributed by atoms with van der Waals surface area (Å²) in [5.74, 6) is 3.69. The summed E-state index contributed by atoms with van der Waals surface area (Å²) < 4.78 is 5.24. The molecule has 0 atom stereocenters. The van der Waals surface area contributed by atoms with Gasteiger partial charge in [0, 0.05) is 12.1 Å². The molecule has 2 nitrogen and oxygen atoms in total. The Balaban J connectivity index is 2.55. The Morgan fingerprint density at radius 2 is 2.50 bits per heavy atom. The van der Waals surface area contributed by atoms with Crippen LogP contribution in [0.4, 0.5) is 5.69 Å². The van der Waals surface area contributed by atoms with Crippen LogP contribution in [0.3, 0.4) is 0 Å². The lowest BCUT2D eigenvalue weighted by Crippen LogP contribution is -1.72. The number of hydrogen-bond donors (Lipinski definition) is 0. The van der Waals surface area contributed by atoms with E-state index in [-0.39, 0.29) is 0 Å². The van der Waals surface area contributed by atoms with Crippen molar-refractivity contribution < 1.29 is 4.42 Å². The number of hydrogen-bond acceptors (Lipinski definition) is 2. The van der Waals surface area contributed by atoms with Crippen LogP contribution < -0.4 is 0 Å². The van der Waals surface area contributed by atoms with Gasteiger partial charge in [0.15, 0.2) is 5.76 Å². The second-order valence-corrected chi connectivity index (χ2v) is 2.63. The topological polar surface area (TPSA) is 25.5 Å². The highest BCUT2D eigenvalue weighted by atomic mass is 16.3. The molecule has 60 valence electrons. The minimum Gasteiger partial charge on any atom is -0.463 e. The van der Waals surface area contributed by atoms with Crippen LogP contribution >= 0.6 is 0 Å². The molecule has 1 aliphatic rings. The first kappa shape index (κ1) is 7.14. The van der Waals surface area contributed by atoms with Gasteiger partial charge in [-0.15, -0.1) is 0 Å². The first-order valence-electron chi connectivity index (χ1n) is 3.97. The Kier molecular flexibility index (Phi) is 1.69. The number of allylic oxidation sites excluding steroid dienone is 2. The van der Waals surface area contributed by atoms with E-state index in [1.165, 1.54) is 5.57 Å². The molecule has 0 fully saturated rings. The van der Waals surface area contributed by atoms with E-state index in [0.717, 1.165) is 17.9 Å². The molecule has 1 aromatic rings. The van der Waals surface area contributed by atoms with Crippen LogP contribution in [0.2, 0.25) is 0 Å². The van der Waals surface area contributed by atoms with Gasteiger partial charge in [0.2, 0.25) is 0 Å². The number of furan rings is 1. The molecule has 0 aliphatic carbocycles. The van der Waals surface area contributed by atoms with Crippen molar-refractivity contribution in [1.82, 2.24) is 0 Å². The first-order chi connectivity index (χ1) is 5.90. The number of rotatable bonds is 1. The molecule has 0 saturated carbocycles. The van der Waals surface area contributed by atoms with E-state index in [1.54, 1.807) is 6.26 Å². The van der Waals surface area contributed by atoms with E-state index in [4.69, 9.17) is 4.42 Å². The van der Waals surface area contributed by atoms with E-state index in [0.29, 0.717) is 0 Å². The predicted octanol–water partition coefficient (Wildman–Crippen LogP) is 2.94. The Morgan fingerprint density at radius 1 is 1.58 bits per heavy atom. The molecule has 0 unspecified atom stereocenters. The van der Waals surface area contributed by atoms with Crippen molar-refractivity contribution in [2.75, 3.05) is 0 Å². The van der Waals surface area contributed by atoms with Crippen molar-refractivity contribution >= 4 is 17.6 Å². The standard InChI is InChI=1S/C10H9NO/c1-2-8-3-5-11-9-4-6-12-10(9)7-8/h3-4,6-7H,2H2,1H3. The first-order valence-corrected chi connectivity index (χ1v) is 3.97. The SMILES string of the molecule is CCC1=Cc2occc2N=C=C1. The lowest BCUT2D eigenvalue weighted by Gasteiger charge is -1.91. The molecule has 2 heteroatoms. The summed E-state index contributed by atoms with van der Waals surface area (Å²) in [5, 5.41) is 0. The molecule has 0 radical (unpaired) electrons. The largest absolute Gasteiger partial charge is 0.463 e. The molecule has 12 heavy (non-hydrogen) atoms. The van der Waals surface area contributed by atoms with Crippen LogP contribution in [0.1, 0.15) is 19.1 Å². The van der Waals surface area contributed by atoms with E-state index in [9.17, 15) is 0 Å². The summed E-state index contributed by atoms with van der Waals surface area (Å²) in [7, 11) is 0. The average Bonchev–Trinajstić information content (AvgIpc) is 2.43. The van der Waals surface area contributed by atoms with Crippen molar-refractivity contribution in [2.24, 2.45) is 4.99 Å². The normalized spacial score (nSPS) is 13.9. The Bertz CT molecular complexity index is 378. The third-order valence-electron chi connectivity index (χ3n) is 1.83. The highest BCUT2D eigenvalue weighted by molar-refractivity contribution is 5.74. The van der Waals surface area contributed by atoms with Crippen molar-refractivity contribution in [2.45, 2.75) is 13.3 Å². The quantitative estimate of drug-likeness (QED) is 0.618. The Morgan fingerprint density at radius 3 is 3.33 bits per heavy atom. The molecule has 0 N–H and O–H groups in total. The second kappa shape index (κ2) is 2.84. The van der Waals surface area contributed by atoms with E-state index in [2.05, 4.69) is 17.8 Å². The van der Waals surface area contributed by atoms with Crippen molar-refractivity contribution in [1.29, 1.82) is 0 Å². The van der Waals surface area contributed by atoms with Crippen molar-refractivity contribution in [3.8, 4) is 0 Å². The molecule has 1 aliphatic heterocycles. The fraction of sp³-hybridized carbons (Fsp3) is 0.200. The van der Waals surface area contributed by atoms with Gasteiger partial charge >= 0.3 is 0 Å². The van der Waals surface area contributed by atoms with Gasteiger partial charge in [0.1, 0.15) is 5.69 Å². The minimum absolute atomic E-state index is 0.827. The molecule has 0 aromatic carbocycles. The maximum absolute atomic E-state index is 5.24. The summed E-state index contributed by atoms with van der Waals surface area (Å²) in [6.45, 7) is 2.10. The van der Waals surface area contributed by atoms with Crippen LogP contribution in [0.5, 0.6) is 0 Å². The zero-order chi connectivity index (χ0) is 8.39. The Hall–Kier alpha value is -1.53. The van der Waals surface area contributed by atoms with E-state index < -0.39 is 0 Å². The third kappa shape index (κ3) is 1.13. The van der Waals surface area contributed by atoms with Crippen molar-refractivity contribution in [3.63, 3.8) is 0 Å². The smallest absolute Gasteiger partial charge is 0.153 e. The number of fused-ring (bicyclic) bond motifs is 1.